The molecule has 0 aliphatic rings. The number of benzene rings is 1. The predicted octanol–water partition coefficient (Wildman–Crippen LogP) is 7.19. The highest BCUT2D eigenvalue weighted by Crippen LogP contribution is 2.62. The number of hydrogen-bond acceptors (Lipinski definition) is 0. The SMILES string of the molecule is FC(F)(F)C(F)(F)C(F)(F)C(F)(F)C(F)(F)C(F)(F)c1cc(Cl)ccc1Cl. The Morgan fingerprint density at radius 3 is 1.37 bits per heavy atom. The Kier molecular flexibility index (Phi) is 5.73. The highest BCUT2D eigenvalue weighted by Gasteiger charge is 2.91. The van der Waals surface area contributed by atoms with E-state index >= 15 is 0 Å². The summed E-state index contributed by atoms with van der Waals surface area (Å²) in [6.45, 7) is 0. The molecule has 0 aliphatic carbocycles. The molecule has 0 N–H and O–H groups in total. The zero-order valence-electron chi connectivity index (χ0n) is 11.9. The van der Waals surface area contributed by atoms with Crippen molar-refractivity contribution >= 4 is 23.2 Å². The van der Waals surface area contributed by atoms with Crippen LogP contribution in [-0.4, -0.2) is 29.9 Å². The zero-order valence-corrected chi connectivity index (χ0v) is 13.4. The summed E-state index contributed by atoms with van der Waals surface area (Å²) in [5.41, 5.74) is -2.30. The van der Waals surface area contributed by atoms with E-state index in [1.54, 1.807) is 0 Å². The van der Waals surface area contributed by atoms with E-state index in [2.05, 4.69) is 0 Å². The maximum Gasteiger partial charge on any atom is 0.460 e. The third-order valence-electron chi connectivity index (χ3n) is 3.20. The first-order valence-corrected chi connectivity index (χ1v) is 6.83. The summed E-state index contributed by atoms with van der Waals surface area (Å²) < 4.78 is 169. The molecule has 15 heteroatoms. The normalized spacial score (nSPS) is 15.2. The van der Waals surface area contributed by atoms with Gasteiger partial charge in [0.25, 0.3) is 0 Å². The Morgan fingerprint density at radius 2 is 0.963 bits per heavy atom. The molecule has 1 rings (SSSR count). The van der Waals surface area contributed by atoms with Crippen LogP contribution in [0.15, 0.2) is 18.2 Å². The number of halogens is 15. The number of alkyl halides is 13. The van der Waals surface area contributed by atoms with Gasteiger partial charge in [0.2, 0.25) is 0 Å². The quantitative estimate of drug-likeness (QED) is 0.404. The summed E-state index contributed by atoms with van der Waals surface area (Å²) in [7, 11) is 0. The predicted molar refractivity (Wildman–Crippen MR) is 66.2 cm³/mol. The minimum Gasteiger partial charge on any atom is -0.194 e. The Morgan fingerprint density at radius 1 is 0.556 bits per heavy atom. The van der Waals surface area contributed by atoms with Crippen LogP contribution in [0.4, 0.5) is 57.1 Å². The van der Waals surface area contributed by atoms with Crippen LogP contribution in [0.2, 0.25) is 10.0 Å². The summed E-state index contributed by atoms with van der Waals surface area (Å²) >= 11 is 10.2. The average molecular weight is 465 g/mol. The van der Waals surface area contributed by atoms with Crippen molar-refractivity contribution in [3.63, 3.8) is 0 Å². The van der Waals surface area contributed by atoms with Gasteiger partial charge in [0, 0.05) is 10.6 Å². The maximum atomic E-state index is 13.9. The van der Waals surface area contributed by atoms with Crippen LogP contribution in [0, 0.1) is 0 Å². The Balaban J connectivity index is 3.66. The Bertz CT molecular complexity index is 708. The highest BCUT2D eigenvalue weighted by atomic mass is 35.5. The second-order valence-corrected chi connectivity index (χ2v) is 5.84. The van der Waals surface area contributed by atoms with Crippen LogP contribution in [0.1, 0.15) is 5.56 Å². The molecule has 0 fully saturated rings. The van der Waals surface area contributed by atoms with Gasteiger partial charge in [-0.05, 0) is 18.2 Å². The lowest BCUT2D eigenvalue weighted by Gasteiger charge is -2.40. The van der Waals surface area contributed by atoms with Crippen molar-refractivity contribution in [3.8, 4) is 0 Å². The molecule has 1 aromatic carbocycles. The highest BCUT2D eigenvalue weighted by molar-refractivity contribution is 6.33. The van der Waals surface area contributed by atoms with E-state index in [-0.39, 0.29) is 6.07 Å². The monoisotopic (exact) mass is 464 g/mol. The maximum absolute atomic E-state index is 13.9. The van der Waals surface area contributed by atoms with Gasteiger partial charge in [-0.3, -0.25) is 0 Å². The van der Waals surface area contributed by atoms with E-state index in [1.165, 1.54) is 0 Å². The molecule has 0 aliphatic heterocycles. The molecule has 0 aromatic heterocycles. The van der Waals surface area contributed by atoms with Gasteiger partial charge in [0.05, 0.1) is 5.02 Å². The van der Waals surface area contributed by atoms with Gasteiger partial charge in [-0.15, -0.1) is 0 Å². The average Bonchev–Trinajstić information content (AvgIpc) is 2.47. The van der Waals surface area contributed by atoms with Gasteiger partial charge in [-0.1, -0.05) is 23.2 Å². The van der Waals surface area contributed by atoms with Crippen molar-refractivity contribution in [2.75, 3.05) is 0 Å². The molecule has 0 heterocycles. The molecule has 27 heavy (non-hydrogen) atoms. The third-order valence-corrected chi connectivity index (χ3v) is 3.76. The van der Waals surface area contributed by atoms with Crippen LogP contribution in [0.3, 0.4) is 0 Å². The molecule has 0 unspecified atom stereocenters. The molecule has 0 amide bonds. The summed E-state index contributed by atoms with van der Waals surface area (Å²) in [4.78, 5) is 0. The lowest BCUT2D eigenvalue weighted by molar-refractivity contribution is -0.441. The Hall–Kier alpha value is -1.11. The molecule has 0 atom stereocenters. The van der Waals surface area contributed by atoms with Crippen molar-refractivity contribution in [3.05, 3.63) is 33.8 Å². The topological polar surface area (TPSA) is 0 Å². The van der Waals surface area contributed by atoms with Crippen LogP contribution in [-0.2, 0) is 5.92 Å². The zero-order chi connectivity index (χ0) is 21.9. The van der Waals surface area contributed by atoms with Gasteiger partial charge in [-0.2, -0.15) is 57.1 Å². The molecular weight excluding hydrogens is 462 g/mol. The second-order valence-electron chi connectivity index (χ2n) is 4.99. The number of hydrogen-bond donors (Lipinski definition) is 0. The smallest absolute Gasteiger partial charge is 0.194 e. The molecule has 0 saturated heterocycles. The van der Waals surface area contributed by atoms with Gasteiger partial charge < -0.3 is 0 Å². The van der Waals surface area contributed by atoms with Crippen LogP contribution in [0.25, 0.3) is 0 Å². The van der Waals surface area contributed by atoms with E-state index < -0.39 is 51.4 Å². The van der Waals surface area contributed by atoms with E-state index in [1.807, 2.05) is 0 Å². The van der Waals surface area contributed by atoms with Gasteiger partial charge >= 0.3 is 35.8 Å². The first-order valence-electron chi connectivity index (χ1n) is 6.07. The van der Waals surface area contributed by atoms with Crippen molar-refractivity contribution in [2.45, 2.75) is 35.8 Å². The molecule has 0 nitrogen and oxygen atoms in total. The lowest BCUT2D eigenvalue weighted by Crippen LogP contribution is -2.69. The second kappa shape index (κ2) is 6.46. The minimum absolute atomic E-state index is 0.173. The van der Waals surface area contributed by atoms with Crippen LogP contribution >= 0.6 is 23.2 Å². The van der Waals surface area contributed by atoms with Crippen LogP contribution < -0.4 is 0 Å². The minimum atomic E-state index is -7.96. The summed E-state index contributed by atoms with van der Waals surface area (Å²) in [5.74, 6) is -37.5. The third kappa shape index (κ3) is 3.30. The van der Waals surface area contributed by atoms with E-state index in [0.717, 1.165) is 0 Å². The molecule has 156 valence electrons. The lowest BCUT2D eigenvalue weighted by atomic mass is 9.90. The molecule has 0 bridgehead atoms. The van der Waals surface area contributed by atoms with Gasteiger partial charge in [0.15, 0.2) is 0 Å². The molecule has 0 saturated carbocycles. The molecule has 0 radical (unpaired) electrons. The van der Waals surface area contributed by atoms with Crippen molar-refractivity contribution in [2.24, 2.45) is 0 Å². The molecule has 0 spiro atoms. The Labute approximate surface area is 150 Å². The first-order chi connectivity index (χ1) is 11.7. The van der Waals surface area contributed by atoms with Gasteiger partial charge in [-0.25, -0.2) is 0 Å². The van der Waals surface area contributed by atoms with Crippen LogP contribution in [0.5, 0.6) is 0 Å². The van der Waals surface area contributed by atoms with Crippen molar-refractivity contribution in [1.29, 1.82) is 0 Å². The largest absolute Gasteiger partial charge is 0.460 e. The van der Waals surface area contributed by atoms with Crippen molar-refractivity contribution < 1.29 is 57.1 Å². The summed E-state index contributed by atoms with van der Waals surface area (Å²) in [5, 5.41) is -2.26. The number of rotatable bonds is 5. The van der Waals surface area contributed by atoms with E-state index in [0.29, 0.717) is 12.1 Å². The molecule has 1 aromatic rings. The van der Waals surface area contributed by atoms with Gasteiger partial charge in [0.1, 0.15) is 0 Å². The summed E-state index contributed by atoms with van der Waals surface area (Å²) in [6.07, 6.45) is -7.46. The standard InChI is InChI=1S/C12H3Cl2F13/c13-4-1-2-6(14)5(3-4)7(15,16)8(17,18)9(19,20)10(21,22)11(23,24)12(25,26)27/h1-3H. The van der Waals surface area contributed by atoms with E-state index in [4.69, 9.17) is 23.2 Å². The fourth-order valence-corrected chi connectivity index (χ4v) is 2.09. The van der Waals surface area contributed by atoms with Crippen molar-refractivity contribution in [1.82, 2.24) is 0 Å². The summed E-state index contributed by atoms with van der Waals surface area (Å²) in [6, 6.07) is 0.865. The van der Waals surface area contributed by atoms with E-state index in [9.17, 15) is 57.1 Å². The first kappa shape index (κ1) is 23.9. The molecular formula is C12H3Cl2F13. The fraction of sp³-hybridized carbons (Fsp3) is 0.500. The fourth-order valence-electron chi connectivity index (χ4n) is 1.68.